The Kier molecular flexibility index (Phi) is 3.79. The second kappa shape index (κ2) is 4.76. The zero-order valence-electron chi connectivity index (χ0n) is 9.21. The van der Waals surface area contributed by atoms with E-state index >= 15 is 0 Å². The molecule has 0 aromatic carbocycles. The molecule has 0 aromatic heterocycles. The Labute approximate surface area is 105 Å². The summed E-state index contributed by atoms with van der Waals surface area (Å²) in [6.07, 6.45) is -10.9. The highest BCUT2D eigenvalue weighted by Gasteiger charge is 2.52. The van der Waals surface area contributed by atoms with Crippen molar-refractivity contribution in [1.29, 1.82) is 0 Å². The molecule has 0 aromatic rings. The van der Waals surface area contributed by atoms with Gasteiger partial charge in [-0.05, 0) is 0 Å². The third kappa shape index (κ3) is 3.05. The van der Waals surface area contributed by atoms with E-state index in [1.54, 1.807) is 0 Å². The summed E-state index contributed by atoms with van der Waals surface area (Å²) in [4.78, 5) is 42.7. The largest absolute Gasteiger partial charge is 0.471 e. The lowest BCUT2D eigenvalue weighted by Gasteiger charge is -2.31. The van der Waals surface area contributed by atoms with Crippen LogP contribution in [0.1, 0.15) is 0 Å². The van der Waals surface area contributed by atoms with Crippen LogP contribution in [0, 0.1) is 0 Å². The van der Waals surface area contributed by atoms with Gasteiger partial charge in [-0.15, -0.1) is 0 Å². The molecule has 0 atom stereocenters. The van der Waals surface area contributed by atoms with E-state index in [0.29, 0.717) is 0 Å². The van der Waals surface area contributed by atoms with E-state index in [4.69, 9.17) is 0 Å². The molecule has 0 bridgehead atoms. The summed E-state index contributed by atoms with van der Waals surface area (Å²) in [5, 5.41) is 0. The van der Waals surface area contributed by atoms with Crippen molar-refractivity contribution in [3.8, 4) is 0 Å². The highest BCUT2D eigenvalue weighted by molar-refractivity contribution is 6.10. The summed E-state index contributed by atoms with van der Waals surface area (Å²) in [5.41, 5.74) is 0. The fraction of sp³-hybridized carbons (Fsp3) is 0.500. The van der Waals surface area contributed by atoms with Crippen LogP contribution < -0.4 is 0 Å². The minimum absolute atomic E-state index is 0.553. The van der Waals surface area contributed by atoms with E-state index in [-0.39, 0.29) is 0 Å². The predicted octanol–water partition coefficient (Wildman–Crippen LogP) is -0.165. The molecule has 0 saturated carbocycles. The molecule has 0 aliphatic carbocycles. The molecule has 112 valence electrons. The number of hydrogen-bond donors (Lipinski definition) is 0. The van der Waals surface area contributed by atoms with E-state index in [9.17, 15) is 45.5 Å². The van der Waals surface area contributed by atoms with E-state index in [1.807, 2.05) is 0 Å². The Morgan fingerprint density at radius 2 is 1.00 bits per heavy atom. The van der Waals surface area contributed by atoms with Crippen molar-refractivity contribution >= 4 is 23.6 Å². The average Bonchev–Trinajstić information content (AvgIpc) is 2.27. The minimum Gasteiger partial charge on any atom is -0.272 e. The van der Waals surface area contributed by atoms with E-state index < -0.39 is 58.9 Å². The number of alkyl halides is 6. The number of piperazine rings is 1. The quantitative estimate of drug-likeness (QED) is 0.583. The topological polar surface area (TPSA) is 74.8 Å². The summed E-state index contributed by atoms with van der Waals surface area (Å²) >= 11 is 0. The molecular formula is C8H4F6N2O4. The highest BCUT2D eigenvalue weighted by atomic mass is 19.4. The summed E-state index contributed by atoms with van der Waals surface area (Å²) in [7, 11) is 0. The van der Waals surface area contributed by atoms with Gasteiger partial charge in [0.25, 0.3) is 0 Å². The first-order valence-electron chi connectivity index (χ1n) is 4.68. The Hall–Kier alpha value is -2.14. The van der Waals surface area contributed by atoms with Crippen molar-refractivity contribution in [3.63, 3.8) is 0 Å². The molecule has 1 aliphatic heterocycles. The first kappa shape index (κ1) is 15.9. The van der Waals surface area contributed by atoms with Gasteiger partial charge >= 0.3 is 24.2 Å². The fourth-order valence-electron chi connectivity index (χ4n) is 1.29. The van der Waals surface area contributed by atoms with Gasteiger partial charge in [0.15, 0.2) is 0 Å². The number of carbonyl (C=O) groups excluding carboxylic acids is 4. The van der Waals surface area contributed by atoms with Gasteiger partial charge in [-0.25, -0.2) is 0 Å². The van der Waals surface area contributed by atoms with Gasteiger partial charge in [-0.3, -0.25) is 29.0 Å². The molecule has 0 spiro atoms. The maximum Gasteiger partial charge on any atom is 0.471 e. The molecule has 1 fully saturated rings. The molecule has 0 radical (unpaired) electrons. The molecule has 0 N–H and O–H groups in total. The number of nitrogens with zero attached hydrogens (tertiary/aromatic N) is 2. The van der Waals surface area contributed by atoms with Gasteiger partial charge in [0.1, 0.15) is 13.1 Å². The molecule has 12 heteroatoms. The monoisotopic (exact) mass is 306 g/mol. The summed E-state index contributed by atoms with van der Waals surface area (Å²) < 4.78 is 72.4. The number of halogens is 6. The van der Waals surface area contributed by atoms with Crippen LogP contribution in [0.3, 0.4) is 0 Å². The van der Waals surface area contributed by atoms with Crippen molar-refractivity contribution in [2.45, 2.75) is 12.4 Å². The number of hydrogen-bond acceptors (Lipinski definition) is 4. The van der Waals surface area contributed by atoms with Crippen LogP contribution in [-0.2, 0) is 19.2 Å². The highest BCUT2D eigenvalue weighted by Crippen LogP contribution is 2.23. The van der Waals surface area contributed by atoms with Crippen molar-refractivity contribution in [2.24, 2.45) is 0 Å². The molecule has 1 saturated heterocycles. The first-order chi connectivity index (χ1) is 8.85. The van der Waals surface area contributed by atoms with Crippen LogP contribution in [0.15, 0.2) is 0 Å². The standard InChI is InChI=1S/C8H4F6N2O4/c9-7(10,11)5(19)15-1-3(17)16(2-4(15)18)6(20)8(12,13)14/h1-2H2. The number of rotatable bonds is 0. The summed E-state index contributed by atoms with van der Waals surface area (Å²) in [6.45, 7) is -3.17. The normalized spacial score (nSPS) is 17.5. The molecule has 4 amide bonds. The number of carbonyl (C=O) groups is 4. The summed E-state index contributed by atoms with van der Waals surface area (Å²) in [6, 6.07) is 0. The van der Waals surface area contributed by atoms with Crippen LogP contribution in [-0.4, -0.2) is 58.9 Å². The third-order valence-corrected chi connectivity index (χ3v) is 2.16. The second-order valence-corrected chi connectivity index (χ2v) is 3.57. The zero-order valence-corrected chi connectivity index (χ0v) is 9.21. The van der Waals surface area contributed by atoms with Crippen molar-refractivity contribution in [2.75, 3.05) is 13.1 Å². The van der Waals surface area contributed by atoms with Crippen molar-refractivity contribution < 1.29 is 45.5 Å². The molecule has 1 aliphatic rings. The van der Waals surface area contributed by atoms with E-state index in [1.165, 1.54) is 0 Å². The Bertz CT molecular complexity index is 438. The van der Waals surface area contributed by atoms with Gasteiger partial charge in [0.2, 0.25) is 11.8 Å². The Morgan fingerprint density at radius 1 is 0.750 bits per heavy atom. The molecule has 20 heavy (non-hydrogen) atoms. The second-order valence-electron chi connectivity index (χ2n) is 3.57. The van der Waals surface area contributed by atoms with Crippen LogP contribution in [0.2, 0.25) is 0 Å². The average molecular weight is 306 g/mol. The first-order valence-corrected chi connectivity index (χ1v) is 4.68. The fourth-order valence-corrected chi connectivity index (χ4v) is 1.29. The van der Waals surface area contributed by atoms with Gasteiger partial charge in [-0.2, -0.15) is 26.3 Å². The zero-order chi connectivity index (χ0) is 15.9. The molecule has 0 unspecified atom stereocenters. The Morgan fingerprint density at radius 3 is 1.20 bits per heavy atom. The van der Waals surface area contributed by atoms with Crippen LogP contribution in [0.4, 0.5) is 26.3 Å². The molecule has 6 nitrogen and oxygen atoms in total. The molecule has 1 heterocycles. The molecular weight excluding hydrogens is 302 g/mol. The van der Waals surface area contributed by atoms with Crippen molar-refractivity contribution in [3.05, 3.63) is 0 Å². The lowest BCUT2D eigenvalue weighted by molar-refractivity contribution is -0.197. The summed E-state index contributed by atoms with van der Waals surface area (Å²) in [5.74, 6) is -8.83. The lowest BCUT2D eigenvalue weighted by Crippen LogP contribution is -2.61. The van der Waals surface area contributed by atoms with E-state index in [2.05, 4.69) is 0 Å². The number of amides is 4. The van der Waals surface area contributed by atoms with Gasteiger partial charge in [0.05, 0.1) is 0 Å². The van der Waals surface area contributed by atoms with Gasteiger partial charge in [0, 0.05) is 0 Å². The number of imide groups is 2. The predicted molar refractivity (Wildman–Crippen MR) is 45.5 cm³/mol. The Balaban J connectivity index is 2.93. The minimum atomic E-state index is -5.47. The molecule has 1 rings (SSSR count). The lowest BCUT2D eigenvalue weighted by atomic mass is 10.2. The van der Waals surface area contributed by atoms with Gasteiger partial charge < -0.3 is 0 Å². The van der Waals surface area contributed by atoms with Crippen LogP contribution >= 0.6 is 0 Å². The smallest absolute Gasteiger partial charge is 0.272 e. The maximum atomic E-state index is 12.1. The van der Waals surface area contributed by atoms with Gasteiger partial charge in [-0.1, -0.05) is 0 Å². The van der Waals surface area contributed by atoms with E-state index in [0.717, 1.165) is 0 Å². The SMILES string of the molecule is O=C1CN(C(=O)C(F)(F)F)C(=O)CN1C(=O)C(F)(F)F. The third-order valence-electron chi connectivity index (χ3n) is 2.16. The van der Waals surface area contributed by atoms with Crippen molar-refractivity contribution in [1.82, 2.24) is 9.80 Å². The van der Waals surface area contributed by atoms with Crippen LogP contribution in [0.25, 0.3) is 0 Å². The maximum absolute atomic E-state index is 12.1. The van der Waals surface area contributed by atoms with Crippen LogP contribution in [0.5, 0.6) is 0 Å².